The number of phenolic OH excluding ortho intramolecular Hbond substituents is 1. The fourth-order valence-electron chi connectivity index (χ4n) is 2.39. The Balaban J connectivity index is 1.92. The Kier molecular flexibility index (Phi) is 4.33. The van der Waals surface area contributed by atoms with Gasteiger partial charge in [-0.3, -0.25) is 9.69 Å². The number of ketones is 1. The molecular weight excluding hydrogens is 230 g/mol. The van der Waals surface area contributed by atoms with Crippen LogP contribution in [0.1, 0.15) is 23.2 Å². The van der Waals surface area contributed by atoms with E-state index >= 15 is 0 Å². The minimum absolute atomic E-state index is 0.0635. The minimum atomic E-state index is 0.0635. The number of aliphatic hydroxyl groups excluding tert-OH is 1. The van der Waals surface area contributed by atoms with Gasteiger partial charge in [0.1, 0.15) is 5.75 Å². The number of likely N-dealkylation sites (tertiary alicyclic amines) is 1. The fraction of sp³-hybridized carbons (Fsp3) is 0.500. The summed E-state index contributed by atoms with van der Waals surface area (Å²) in [5, 5.41) is 18.3. The Morgan fingerprint density at radius 2 is 2.06 bits per heavy atom. The van der Waals surface area contributed by atoms with E-state index in [4.69, 9.17) is 5.11 Å². The Bertz CT molecular complexity index is 402. The van der Waals surface area contributed by atoms with E-state index in [0.717, 1.165) is 25.9 Å². The first kappa shape index (κ1) is 13.1. The molecule has 0 radical (unpaired) electrons. The van der Waals surface area contributed by atoms with Gasteiger partial charge in [-0.15, -0.1) is 0 Å². The number of piperidine rings is 1. The number of carbonyl (C=O) groups is 1. The van der Waals surface area contributed by atoms with Gasteiger partial charge in [0.25, 0.3) is 0 Å². The van der Waals surface area contributed by atoms with Crippen LogP contribution in [0, 0.1) is 5.92 Å². The van der Waals surface area contributed by atoms with E-state index in [1.54, 1.807) is 12.1 Å². The summed E-state index contributed by atoms with van der Waals surface area (Å²) in [6, 6.07) is 6.34. The minimum Gasteiger partial charge on any atom is -0.508 e. The quantitative estimate of drug-likeness (QED) is 0.789. The van der Waals surface area contributed by atoms with Crippen molar-refractivity contribution in [1.82, 2.24) is 4.90 Å². The second-order valence-electron chi connectivity index (χ2n) is 4.90. The molecule has 1 fully saturated rings. The maximum absolute atomic E-state index is 12.0. The molecule has 2 N–H and O–H groups in total. The van der Waals surface area contributed by atoms with E-state index in [-0.39, 0.29) is 18.1 Å². The lowest BCUT2D eigenvalue weighted by Gasteiger charge is -2.31. The lowest BCUT2D eigenvalue weighted by molar-refractivity contribution is 0.0833. The molecular formula is C14H19NO3. The monoisotopic (exact) mass is 249 g/mol. The molecule has 0 bridgehead atoms. The lowest BCUT2D eigenvalue weighted by Crippen LogP contribution is -2.39. The van der Waals surface area contributed by atoms with Crippen LogP contribution in [0.2, 0.25) is 0 Å². The van der Waals surface area contributed by atoms with Crippen LogP contribution < -0.4 is 0 Å². The molecule has 1 aromatic carbocycles. The third kappa shape index (κ3) is 3.31. The smallest absolute Gasteiger partial charge is 0.176 e. The summed E-state index contributed by atoms with van der Waals surface area (Å²) in [6.45, 7) is 2.30. The highest BCUT2D eigenvalue weighted by molar-refractivity contribution is 5.97. The van der Waals surface area contributed by atoms with Crippen molar-refractivity contribution in [1.29, 1.82) is 0 Å². The molecule has 0 spiro atoms. The van der Waals surface area contributed by atoms with Gasteiger partial charge in [-0.05, 0) is 49.6 Å². The normalized spacial score (nSPS) is 20.8. The van der Waals surface area contributed by atoms with Crippen molar-refractivity contribution >= 4 is 5.78 Å². The van der Waals surface area contributed by atoms with Gasteiger partial charge in [0.2, 0.25) is 0 Å². The Morgan fingerprint density at radius 3 is 2.72 bits per heavy atom. The zero-order valence-corrected chi connectivity index (χ0v) is 10.4. The van der Waals surface area contributed by atoms with Crippen molar-refractivity contribution in [3.8, 4) is 5.75 Å². The molecule has 1 heterocycles. The van der Waals surface area contributed by atoms with Crippen LogP contribution in [0.15, 0.2) is 24.3 Å². The average Bonchev–Trinajstić information content (AvgIpc) is 2.39. The van der Waals surface area contributed by atoms with Gasteiger partial charge in [-0.25, -0.2) is 0 Å². The number of aromatic hydroxyl groups is 1. The number of carbonyl (C=O) groups excluding carboxylic acids is 1. The van der Waals surface area contributed by atoms with Crippen LogP contribution in [0.5, 0.6) is 5.75 Å². The molecule has 98 valence electrons. The maximum atomic E-state index is 12.0. The fourth-order valence-corrected chi connectivity index (χ4v) is 2.39. The summed E-state index contributed by atoms with van der Waals surface area (Å²) in [7, 11) is 0. The third-order valence-electron chi connectivity index (χ3n) is 3.42. The summed E-state index contributed by atoms with van der Waals surface area (Å²) >= 11 is 0. The molecule has 1 aromatic rings. The van der Waals surface area contributed by atoms with Crippen LogP contribution in [0.4, 0.5) is 0 Å². The highest BCUT2D eigenvalue weighted by Gasteiger charge is 2.21. The molecule has 1 aliphatic heterocycles. The predicted molar refractivity (Wildman–Crippen MR) is 68.7 cm³/mol. The number of Topliss-reactive ketones (excluding diaryl/α,β-unsaturated/α-hetero) is 1. The summed E-state index contributed by atoms with van der Waals surface area (Å²) in [5.74, 6) is 0.532. The molecule has 4 nitrogen and oxygen atoms in total. The zero-order chi connectivity index (χ0) is 13.0. The first-order valence-electron chi connectivity index (χ1n) is 6.34. The predicted octanol–water partition coefficient (Wildman–Crippen LogP) is 1.28. The summed E-state index contributed by atoms with van der Waals surface area (Å²) in [4.78, 5) is 14.1. The second kappa shape index (κ2) is 5.98. The first-order valence-corrected chi connectivity index (χ1v) is 6.34. The van der Waals surface area contributed by atoms with Gasteiger partial charge in [0.15, 0.2) is 5.78 Å². The average molecular weight is 249 g/mol. The molecule has 0 amide bonds. The van der Waals surface area contributed by atoms with Crippen molar-refractivity contribution < 1.29 is 15.0 Å². The largest absolute Gasteiger partial charge is 0.508 e. The SMILES string of the molecule is O=C(CN1CCCC(CO)C1)c1ccc(O)cc1. The van der Waals surface area contributed by atoms with E-state index in [9.17, 15) is 9.90 Å². The van der Waals surface area contributed by atoms with Crippen LogP contribution in [-0.2, 0) is 0 Å². The maximum Gasteiger partial charge on any atom is 0.176 e. The van der Waals surface area contributed by atoms with Gasteiger partial charge in [0.05, 0.1) is 6.54 Å². The lowest BCUT2D eigenvalue weighted by atomic mass is 9.98. The molecule has 2 rings (SSSR count). The van der Waals surface area contributed by atoms with Crippen molar-refractivity contribution in [2.24, 2.45) is 5.92 Å². The first-order chi connectivity index (χ1) is 8.69. The molecule has 1 unspecified atom stereocenters. The van der Waals surface area contributed by atoms with Crippen LogP contribution in [0.3, 0.4) is 0 Å². The molecule has 0 aliphatic carbocycles. The highest BCUT2D eigenvalue weighted by atomic mass is 16.3. The Labute approximate surface area is 107 Å². The van der Waals surface area contributed by atoms with Crippen molar-refractivity contribution in [2.45, 2.75) is 12.8 Å². The van der Waals surface area contributed by atoms with Crippen molar-refractivity contribution in [3.63, 3.8) is 0 Å². The molecule has 1 aliphatic rings. The number of rotatable bonds is 4. The van der Waals surface area contributed by atoms with E-state index < -0.39 is 0 Å². The van der Waals surface area contributed by atoms with E-state index in [0.29, 0.717) is 18.0 Å². The topological polar surface area (TPSA) is 60.8 Å². The van der Waals surface area contributed by atoms with Crippen LogP contribution in [0.25, 0.3) is 0 Å². The second-order valence-corrected chi connectivity index (χ2v) is 4.90. The van der Waals surface area contributed by atoms with Crippen LogP contribution in [-0.4, -0.2) is 47.1 Å². The molecule has 1 atom stereocenters. The number of phenols is 1. The van der Waals surface area contributed by atoms with Gasteiger partial charge in [-0.2, -0.15) is 0 Å². The van der Waals surface area contributed by atoms with Gasteiger partial charge in [0, 0.05) is 18.7 Å². The summed E-state index contributed by atoms with van der Waals surface area (Å²) in [5.41, 5.74) is 0.624. The number of benzene rings is 1. The van der Waals surface area contributed by atoms with Crippen molar-refractivity contribution in [2.75, 3.05) is 26.2 Å². The Hall–Kier alpha value is -1.39. The molecule has 1 saturated heterocycles. The molecule has 18 heavy (non-hydrogen) atoms. The van der Waals surface area contributed by atoms with Gasteiger partial charge < -0.3 is 10.2 Å². The molecule has 0 saturated carbocycles. The number of hydrogen-bond acceptors (Lipinski definition) is 4. The highest BCUT2D eigenvalue weighted by Crippen LogP contribution is 2.17. The van der Waals surface area contributed by atoms with Crippen molar-refractivity contribution in [3.05, 3.63) is 29.8 Å². The van der Waals surface area contributed by atoms with Gasteiger partial charge >= 0.3 is 0 Å². The standard InChI is InChI=1S/C14H19NO3/c16-10-11-2-1-7-15(8-11)9-14(18)12-3-5-13(17)6-4-12/h3-6,11,16-17H,1-2,7-10H2. The number of hydrogen-bond donors (Lipinski definition) is 2. The molecule has 0 aromatic heterocycles. The molecule has 4 heteroatoms. The van der Waals surface area contributed by atoms with E-state index in [2.05, 4.69) is 4.90 Å². The van der Waals surface area contributed by atoms with E-state index in [1.165, 1.54) is 12.1 Å². The van der Waals surface area contributed by atoms with Crippen LogP contribution >= 0.6 is 0 Å². The third-order valence-corrected chi connectivity index (χ3v) is 3.42. The summed E-state index contributed by atoms with van der Waals surface area (Å²) < 4.78 is 0. The Morgan fingerprint density at radius 1 is 1.33 bits per heavy atom. The number of nitrogens with zero attached hydrogens (tertiary/aromatic N) is 1. The van der Waals surface area contributed by atoms with E-state index in [1.807, 2.05) is 0 Å². The number of aliphatic hydroxyl groups is 1. The van der Waals surface area contributed by atoms with Gasteiger partial charge in [-0.1, -0.05) is 0 Å². The zero-order valence-electron chi connectivity index (χ0n) is 10.4. The summed E-state index contributed by atoms with van der Waals surface area (Å²) in [6.07, 6.45) is 2.08.